The number of quaternary nitrogens is 1. The van der Waals surface area contributed by atoms with E-state index in [1.807, 2.05) is 21.1 Å². The van der Waals surface area contributed by atoms with Gasteiger partial charge in [-0.3, -0.25) is 13.8 Å². The largest absolute Gasteiger partial charge is 0.472 e. The number of unbranched alkanes of at least 4 members (excludes halogenated alkanes) is 5. The van der Waals surface area contributed by atoms with E-state index in [-0.39, 0.29) is 25.2 Å². The summed E-state index contributed by atoms with van der Waals surface area (Å²) in [6.45, 7) is 4.99. The number of rotatable bonds is 19. The molecule has 1 amide bonds. The smallest absolute Gasteiger partial charge is 0.350 e. The summed E-state index contributed by atoms with van der Waals surface area (Å²) in [5.41, 5.74) is 0. The number of hydrogen-bond donors (Lipinski definition) is 2. The highest BCUT2D eigenvalue weighted by atomic mass is 32.2. The third-order valence-electron chi connectivity index (χ3n) is 4.29. The number of carbonyl (C=O) groups is 1. The average Bonchev–Trinajstić information content (AvgIpc) is 2.61. The summed E-state index contributed by atoms with van der Waals surface area (Å²) in [7, 11) is 1.82. The third kappa shape index (κ3) is 19.6. The SMILES string of the molecule is CCCCCCSC[C@H](COP(=O)(O)OCC[N+](C)(C)C)NC(=O)CCCCC. The first kappa shape index (κ1) is 28.9. The molecule has 0 aromatic carbocycles. The molecule has 0 radical (unpaired) electrons. The van der Waals surface area contributed by atoms with Gasteiger partial charge in [0.15, 0.2) is 0 Å². The molecule has 174 valence electrons. The van der Waals surface area contributed by atoms with E-state index in [2.05, 4.69) is 19.2 Å². The quantitative estimate of drug-likeness (QED) is 0.172. The van der Waals surface area contributed by atoms with Crippen molar-refractivity contribution >= 4 is 25.5 Å². The van der Waals surface area contributed by atoms with Crippen molar-refractivity contribution in [2.75, 3.05) is 52.4 Å². The van der Waals surface area contributed by atoms with Gasteiger partial charge in [-0.05, 0) is 18.6 Å². The molecule has 0 aliphatic rings. The summed E-state index contributed by atoms with van der Waals surface area (Å²) < 4.78 is 23.0. The lowest BCUT2D eigenvalue weighted by atomic mass is 10.2. The van der Waals surface area contributed by atoms with E-state index >= 15 is 0 Å². The van der Waals surface area contributed by atoms with Crippen LogP contribution in [0.15, 0.2) is 0 Å². The number of hydrogen-bond acceptors (Lipinski definition) is 5. The van der Waals surface area contributed by atoms with Crippen molar-refractivity contribution in [1.29, 1.82) is 0 Å². The highest BCUT2D eigenvalue weighted by Gasteiger charge is 2.25. The van der Waals surface area contributed by atoms with Crippen molar-refractivity contribution in [1.82, 2.24) is 5.32 Å². The number of likely N-dealkylation sites (N-methyl/N-ethyl adjacent to an activating group) is 1. The van der Waals surface area contributed by atoms with Gasteiger partial charge < -0.3 is 14.7 Å². The molecule has 0 aliphatic heterocycles. The molecule has 2 N–H and O–H groups in total. The van der Waals surface area contributed by atoms with Crippen molar-refractivity contribution < 1.29 is 27.8 Å². The second kappa shape index (κ2) is 16.6. The fourth-order valence-corrected chi connectivity index (χ4v) is 4.27. The minimum Gasteiger partial charge on any atom is -0.350 e. The van der Waals surface area contributed by atoms with Crippen LogP contribution in [-0.2, 0) is 18.4 Å². The molecule has 0 fully saturated rings. The Labute approximate surface area is 182 Å². The van der Waals surface area contributed by atoms with Crippen molar-refractivity contribution in [2.24, 2.45) is 0 Å². The molecule has 0 aromatic heterocycles. The minimum absolute atomic E-state index is 0.0281. The highest BCUT2D eigenvalue weighted by molar-refractivity contribution is 7.99. The Hall–Kier alpha value is -0.110. The molecule has 0 rings (SSSR count). The predicted octanol–water partition coefficient (Wildman–Crippen LogP) is 4.20. The molecule has 0 heterocycles. The zero-order valence-electron chi connectivity index (χ0n) is 19.2. The number of nitrogens with zero attached hydrogens (tertiary/aromatic N) is 1. The molecule has 7 nitrogen and oxygen atoms in total. The van der Waals surface area contributed by atoms with Gasteiger partial charge in [0.1, 0.15) is 13.2 Å². The summed E-state index contributed by atoms with van der Waals surface area (Å²) in [5.74, 6) is 1.64. The van der Waals surface area contributed by atoms with E-state index in [9.17, 15) is 14.3 Å². The molecule has 2 atom stereocenters. The van der Waals surface area contributed by atoms with Crippen LogP contribution < -0.4 is 5.32 Å². The van der Waals surface area contributed by atoms with E-state index in [1.54, 1.807) is 11.8 Å². The van der Waals surface area contributed by atoms with E-state index < -0.39 is 7.82 Å². The van der Waals surface area contributed by atoms with Gasteiger partial charge in [-0.2, -0.15) is 11.8 Å². The molecule has 0 spiro atoms. The Morgan fingerprint density at radius 1 is 1.07 bits per heavy atom. The standard InChI is InChI=1S/C20H43N2O5PS/c1-6-8-10-12-16-29-18-19(21-20(23)13-11-9-7-2)17-27-28(24,25)26-15-14-22(3,4)5/h19H,6-18H2,1-5H3,(H-,21,23,24,25)/p+1/t19-/m0/s1. The van der Waals surface area contributed by atoms with Crippen LogP contribution in [0.25, 0.3) is 0 Å². The Kier molecular flexibility index (Phi) is 16.5. The first-order chi connectivity index (χ1) is 13.6. The van der Waals surface area contributed by atoms with Crippen LogP contribution in [0.1, 0.15) is 65.2 Å². The van der Waals surface area contributed by atoms with E-state index in [4.69, 9.17) is 9.05 Å². The Morgan fingerprint density at radius 3 is 2.34 bits per heavy atom. The maximum Gasteiger partial charge on any atom is 0.472 e. The van der Waals surface area contributed by atoms with Gasteiger partial charge in [-0.15, -0.1) is 0 Å². The fourth-order valence-electron chi connectivity index (χ4n) is 2.47. The topological polar surface area (TPSA) is 84.9 Å². The van der Waals surface area contributed by atoms with Crippen LogP contribution in [0.5, 0.6) is 0 Å². The van der Waals surface area contributed by atoms with Gasteiger partial charge in [0.25, 0.3) is 0 Å². The average molecular weight is 456 g/mol. The summed E-state index contributed by atoms with van der Waals surface area (Å²) in [6, 6.07) is -0.303. The molecule has 0 aliphatic carbocycles. The number of thioether (sulfide) groups is 1. The van der Waals surface area contributed by atoms with Crippen molar-refractivity contribution in [2.45, 2.75) is 71.3 Å². The highest BCUT2D eigenvalue weighted by Crippen LogP contribution is 2.43. The van der Waals surface area contributed by atoms with Gasteiger partial charge >= 0.3 is 7.82 Å². The van der Waals surface area contributed by atoms with Crippen LogP contribution in [-0.4, -0.2) is 73.7 Å². The van der Waals surface area contributed by atoms with Crippen molar-refractivity contribution in [3.8, 4) is 0 Å². The lowest BCUT2D eigenvalue weighted by molar-refractivity contribution is -0.870. The van der Waals surface area contributed by atoms with Gasteiger partial charge in [0.2, 0.25) is 5.91 Å². The molecule has 0 saturated carbocycles. The summed E-state index contributed by atoms with van der Waals surface area (Å²) >= 11 is 1.74. The first-order valence-electron chi connectivity index (χ1n) is 10.9. The van der Waals surface area contributed by atoms with Gasteiger partial charge in [0, 0.05) is 12.2 Å². The third-order valence-corrected chi connectivity index (χ3v) is 6.49. The Morgan fingerprint density at radius 2 is 1.72 bits per heavy atom. The Bertz CT molecular complexity index is 474. The number of phosphoric ester groups is 1. The molecular formula is C20H44N2O5PS+. The van der Waals surface area contributed by atoms with E-state index in [1.165, 1.54) is 19.3 Å². The van der Waals surface area contributed by atoms with Crippen LogP contribution in [0.3, 0.4) is 0 Å². The second-order valence-corrected chi connectivity index (χ2v) is 11.1. The monoisotopic (exact) mass is 455 g/mol. The molecule has 1 unspecified atom stereocenters. The van der Waals surface area contributed by atoms with Crippen LogP contribution in [0.4, 0.5) is 0 Å². The van der Waals surface area contributed by atoms with Gasteiger partial charge in [-0.25, -0.2) is 4.57 Å². The second-order valence-electron chi connectivity index (χ2n) is 8.47. The summed E-state index contributed by atoms with van der Waals surface area (Å²) in [6.07, 6.45) is 8.20. The van der Waals surface area contributed by atoms with Crippen LogP contribution >= 0.6 is 19.6 Å². The van der Waals surface area contributed by atoms with E-state index in [0.717, 1.165) is 31.4 Å². The molecule has 29 heavy (non-hydrogen) atoms. The molecule has 0 aromatic rings. The molecule has 0 bridgehead atoms. The molecular weight excluding hydrogens is 411 g/mol. The maximum atomic E-state index is 12.2. The Balaban J connectivity index is 4.45. The van der Waals surface area contributed by atoms with E-state index in [0.29, 0.717) is 23.2 Å². The number of carbonyl (C=O) groups excluding carboxylic acids is 1. The zero-order valence-corrected chi connectivity index (χ0v) is 20.9. The molecule has 9 heteroatoms. The maximum absolute atomic E-state index is 12.2. The number of nitrogens with one attached hydrogen (secondary N) is 1. The lowest BCUT2D eigenvalue weighted by Gasteiger charge is -2.24. The minimum atomic E-state index is -4.13. The van der Waals surface area contributed by atoms with Crippen molar-refractivity contribution in [3.63, 3.8) is 0 Å². The molecule has 0 saturated heterocycles. The zero-order chi connectivity index (χ0) is 22.2. The van der Waals surface area contributed by atoms with Crippen LogP contribution in [0.2, 0.25) is 0 Å². The fraction of sp³-hybridized carbons (Fsp3) is 0.950. The van der Waals surface area contributed by atoms with Crippen LogP contribution in [0, 0.1) is 0 Å². The number of phosphoric acid groups is 1. The normalized spacial score (nSPS) is 15.1. The van der Waals surface area contributed by atoms with Gasteiger partial charge in [-0.1, -0.05) is 46.0 Å². The lowest BCUT2D eigenvalue weighted by Crippen LogP contribution is -2.40. The first-order valence-corrected chi connectivity index (χ1v) is 13.5. The van der Waals surface area contributed by atoms with Crippen molar-refractivity contribution in [3.05, 3.63) is 0 Å². The predicted molar refractivity (Wildman–Crippen MR) is 122 cm³/mol. The summed E-state index contributed by atoms with van der Waals surface area (Å²) in [5, 5.41) is 2.96. The van der Waals surface area contributed by atoms with Gasteiger partial charge in [0.05, 0.1) is 33.8 Å². The summed E-state index contributed by atoms with van der Waals surface area (Å²) in [4.78, 5) is 22.1. The number of amides is 1.